The molecule has 6 heteroatoms. The molecule has 5 heterocycles. The molecule has 4 aromatic rings. The van der Waals surface area contributed by atoms with Crippen molar-refractivity contribution in [3.8, 4) is 0 Å². The van der Waals surface area contributed by atoms with Crippen molar-refractivity contribution in [1.82, 2.24) is 19.8 Å². The third-order valence-corrected chi connectivity index (χ3v) is 12.4. The minimum atomic E-state index is -0.195. The largest absolute Gasteiger partial charge is 0.469 e. The SMILES string of the molecule is C/C=C1/CN(C)[C@H]2Cc3c([nH]c4ccccc34)C(c3ccc4c5c([nH]c4c3)CC[C@@H]3C[C@@H](CC)CN(CC5)C3)C[C@@H]1[C@@H]2C(=O)OC. The first-order chi connectivity index (χ1) is 22.4. The van der Waals surface area contributed by atoms with Gasteiger partial charge in [-0.05, 0) is 99.1 Å². The molecular weight excluding hydrogens is 568 g/mol. The van der Waals surface area contributed by atoms with Gasteiger partial charge in [-0.15, -0.1) is 0 Å². The molecule has 0 saturated carbocycles. The van der Waals surface area contributed by atoms with E-state index < -0.39 is 0 Å². The van der Waals surface area contributed by atoms with Gasteiger partial charge in [0.1, 0.15) is 0 Å². The molecule has 4 aliphatic rings. The molecule has 8 rings (SSSR count). The number of rotatable bonds is 3. The van der Waals surface area contributed by atoms with Crippen LogP contribution in [0.25, 0.3) is 21.8 Å². The molecule has 1 aliphatic carbocycles. The van der Waals surface area contributed by atoms with Gasteiger partial charge in [-0.25, -0.2) is 0 Å². The van der Waals surface area contributed by atoms with E-state index in [-0.39, 0.29) is 29.8 Å². The molecule has 2 aromatic heterocycles. The van der Waals surface area contributed by atoms with Gasteiger partial charge in [-0.3, -0.25) is 9.69 Å². The van der Waals surface area contributed by atoms with Gasteiger partial charge in [0, 0.05) is 71.3 Å². The van der Waals surface area contributed by atoms with Crippen molar-refractivity contribution in [1.29, 1.82) is 0 Å². The molecule has 6 nitrogen and oxygen atoms in total. The van der Waals surface area contributed by atoms with Crippen molar-refractivity contribution in [3.63, 3.8) is 0 Å². The number of likely N-dealkylation sites (tertiary alicyclic amines) is 1. The van der Waals surface area contributed by atoms with E-state index in [2.05, 4.69) is 89.2 Å². The lowest BCUT2D eigenvalue weighted by Crippen LogP contribution is -2.53. The van der Waals surface area contributed by atoms with Crippen LogP contribution < -0.4 is 0 Å². The maximum Gasteiger partial charge on any atom is 0.310 e. The number of likely N-dealkylation sites (N-methyl/N-ethyl adjacent to an activating group) is 1. The number of carbonyl (C=O) groups is 1. The van der Waals surface area contributed by atoms with Gasteiger partial charge in [-0.2, -0.15) is 0 Å². The number of ether oxygens (including phenoxy) is 1. The molecule has 0 amide bonds. The first kappa shape index (κ1) is 30.0. The highest BCUT2D eigenvalue weighted by molar-refractivity contribution is 5.87. The second-order valence-electron chi connectivity index (χ2n) is 14.9. The zero-order valence-corrected chi connectivity index (χ0v) is 28.1. The number of aromatic nitrogens is 2. The number of fused-ring (bicyclic) bond motifs is 10. The molecule has 2 fully saturated rings. The van der Waals surface area contributed by atoms with Crippen molar-refractivity contribution < 1.29 is 9.53 Å². The number of methoxy groups -OCH3 is 1. The Hall–Kier alpha value is -3.35. The van der Waals surface area contributed by atoms with Crippen molar-refractivity contribution in [2.45, 2.75) is 70.8 Å². The lowest BCUT2D eigenvalue weighted by molar-refractivity contribution is -0.151. The van der Waals surface area contributed by atoms with Crippen LogP contribution in [0.1, 0.15) is 73.5 Å². The first-order valence-corrected chi connectivity index (χ1v) is 17.8. The van der Waals surface area contributed by atoms with E-state index in [4.69, 9.17) is 4.74 Å². The predicted molar refractivity (Wildman–Crippen MR) is 186 cm³/mol. The third-order valence-electron chi connectivity index (χ3n) is 12.4. The maximum atomic E-state index is 13.6. The van der Waals surface area contributed by atoms with Crippen molar-refractivity contribution in [3.05, 3.63) is 82.2 Å². The Bertz CT molecular complexity index is 1800. The fourth-order valence-corrected chi connectivity index (χ4v) is 10.0. The molecule has 2 saturated heterocycles. The number of aryl methyl sites for hydroxylation is 1. The summed E-state index contributed by atoms with van der Waals surface area (Å²) in [4.78, 5) is 26.6. The Balaban J connectivity index is 1.23. The number of esters is 1. The van der Waals surface area contributed by atoms with Gasteiger partial charge in [0.05, 0.1) is 13.0 Å². The fourth-order valence-electron chi connectivity index (χ4n) is 10.0. The number of hydrogen-bond donors (Lipinski definition) is 2. The average Bonchev–Trinajstić information content (AvgIpc) is 3.62. The summed E-state index contributed by atoms with van der Waals surface area (Å²) >= 11 is 0. The molecule has 2 N–H and O–H groups in total. The number of benzene rings is 2. The van der Waals surface area contributed by atoms with Crippen LogP contribution in [-0.4, -0.2) is 72.1 Å². The van der Waals surface area contributed by atoms with Crippen molar-refractivity contribution >= 4 is 27.8 Å². The Morgan fingerprint density at radius 1 is 1.02 bits per heavy atom. The molecule has 0 spiro atoms. The topological polar surface area (TPSA) is 64.4 Å². The molecule has 0 radical (unpaired) electrons. The summed E-state index contributed by atoms with van der Waals surface area (Å²) in [5.41, 5.74) is 10.8. The quantitative estimate of drug-likeness (QED) is 0.188. The Labute approximate surface area is 273 Å². The van der Waals surface area contributed by atoms with Gasteiger partial charge < -0.3 is 19.6 Å². The Morgan fingerprint density at radius 2 is 1.87 bits per heavy atom. The van der Waals surface area contributed by atoms with Crippen LogP contribution in [0.15, 0.2) is 54.1 Å². The zero-order chi connectivity index (χ0) is 31.5. The minimum Gasteiger partial charge on any atom is -0.469 e. The van der Waals surface area contributed by atoms with Crippen LogP contribution in [0.2, 0.25) is 0 Å². The summed E-state index contributed by atoms with van der Waals surface area (Å²) in [7, 11) is 3.73. The molecule has 2 unspecified atom stereocenters. The summed E-state index contributed by atoms with van der Waals surface area (Å²) in [6, 6.07) is 16.1. The number of aromatic amines is 2. The summed E-state index contributed by atoms with van der Waals surface area (Å²) in [6.45, 7) is 9.10. The molecule has 242 valence electrons. The highest BCUT2D eigenvalue weighted by Crippen LogP contribution is 2.48. The standard InChI is InChI=1S/C40H50N4O2/c1-5-24-17-25-11-14-35-30(15-16-44(21-24)22-25)29-13-12-27(18-36(29)41-35)32-19-31-26(6-2)23-43(3)37(38(31)40(45)46-4)20-33-28-9-7-8-10-34(28)42-39(32)33/h6-10,12-13,18,24-25,31-32,37-38,41-42H,5,11,14-17,19-23H2,1-4H3/b26-6-/t24-,25-,31+,32?,37+,38+/m1/s1. The van der Waals surface area contributed by atoms with Crippen LogP contribution in [0.5, 0.6) is 0 Å². The average molecular weight is 619 g/mol. The molecule has 46 heavy (non-hydrogen) atoms. The van der Waals surface area contributed by atoms with E-state index in [1.165, 1.54) is 87.8 Å². The van der Waals surface area contributed by atoms with Crippen LogP contribution >= 0.6 is 0 Å². The van der Waals surface area contributed by atoms with E-state index in [1.807, 2.05) is 0 Å². The predicted octanol–water partition coefficient (Wildman–Crippen LogP) is 7.23. The van der Waals surface area contributed by atoms with Gasteiger partial charge in [0.2, 0.25) is 0 Å². The van der Waals surface area contributed by atoms with Crippen molar-refractivity contribution in [2.75, 3.05) is 40.3 Å². The van der Waals surface area contributed by atoms with Crippen LogP contribution in [0.3, 0.4) is 0 Å². The van der Waals surface area contributed by atoms with Gasteiger partial charge in [-0.1, -0.05) is 55.3 Å². The summed E-state index contributed by atoms with van der Waals surface area (Å²) < 4.78 is 5.53. The highest BCUT2D eigenvalue weighted by atomic mass is 16.5. The number of nitrogens with zero attached hydrogens (tertiary/aromatic N) is 2. The van der Waals surface area contributed by atoms with E-state index in [0.29, 0.717) is 0 Å². The zero-order valence-electron chi connectivity index (χ0n) is 28.1. The van der Waals surface area contributed by atoms with Crippen LogP contribution in [0.4, 0.5) is 0 Å². The molecule has 2 aromatic carbocycles. The number of allylic oxidation sites excluding steroid dienone is 1. The summed E-state index contributed by atoms with van der Waals surface area (Å²) in [6.07, 6.45) is 10.2. The second-order valence-corrected chi connectivity index (χ2v) is 14.9. The third kappa shape index (κ3) is 5.04. The molecule has 3 aliphatic heterocycles. The smallest absolute Gasteiger partial charge is 0.310 e. The number of hydrogen-bond acceptors (Lipinski definition) is 4. The second kappa shape index (κ2) is 12.0. The minimum absolute atomic E-state index is 0.0794. The van der Waals surface area contributed by atoms with Crippen LogP contribution in [-0.2, 0) is 28.8 Å². The Kier molecular flexibility index (Phi) is 7.85. The number of para-hydroxylation sites is 1. The van der Waals surface area contributed by atoms with E-state index in [1.54, 1.807) is 7.11 Å². The van der Waals surface area contributed by atoms with E-state index in [0.717, 1.165) is 50.6 Å². The van der Waals surface area contributed by atoms with Crippen molar-refractivity contribution in [2.24, 2.45) is 23.7 Å². The van der Waals surface area contributed by atoms with Gasteiger partial charge >= 0.3 is 5.97 Å². The lowest BCUT2D eigenvalue weighted by Gasteiger charge is -2.46. The number of carbonyl (C=O) groups excluding carboxylic acids is 1. The number of H-pyrrole nitrogens is 2. The maximum absolute atomic E-state index is 13.6. The van der Waals surface area contributed by atoms with Gasteiger partial charge in [0.25, 0.3) is 0 Å². The van der Waals surface area contributed by atoms with E-state index >= 15 is 0 Å². The van der Waals surface area contributed by atoms with Crippen LogP contribution in [0, 0.1) is 23.7 Å². The monoisotopic (exact) mass is 618 g/mol. The summed E-state index contributed by atoms with van der Waals surface area (Å²) in [5, 5.41) is 2.67. The molecule has 4 bridgehead atoms. The van der Waals surface area contributed by atoms with E-state index in [9.17, 15) is 4.79 Å². The molecule has 7 atom stereocenters. The fraction of sp³-hybridized carbons (Fsp3) is 0.525. The molecular formula is C40H50N4O2. The number of piperidine rings is 2. The normalized spacial score (nSPS) is 31.0. The Morgan fingerprint density at radius 3 is 2.70 bits per heavy atom. The lowest BCUT2D eigenvalue weighted by atomic mass is 9.67. The first-order valence-electron chi connectivity index (χ1n) is 17.8. The van der Waals surface area contributed by atoms with Gasteiger partial charge in [0.15, 0.2) is 0 Å². The summed E-state index contributed by atoms with van der Waals surface area (Å²) in [5.74, 6) is 1.67. The number of nitrogens with one attached hydrogen (secondary N) is 2. The highest BCUT2D eigenvalue weighted by Gasteiger charge is 2.47.